The average molecular weight is 192 g/mol. The SMILES string of the molecule is CC(C)CN1C[C@H]1CBr. The lowest BCUT2D eigenvalue weighted by atomic mass is 10.2. The van der Waals surface area contributed by atoms with Gasteiger partial charge in [-0.2, -0.15) is 0 Å². The molecule has 0 spiro atoms. The lowest BCUT2D eigenvalue weighted by Crippen LogP contribution is -2.10. The van der Waals surface area contributed by atoms with E-state index in [1.54, 1.807) is 0 Å². The van der Waals surface area contributed by atoms with Gasteiger partial charge in [-0.25, -0.2) is 0 Å². The van der Waals surface area contributed by atoms with Crippen molar-refractivity contribution in [2.75, 3.05) is 18.4 Å². The first-order chi connectivity index (χ1) is 4.24. The third-order valence-corrected chi connectivity index (χ3v) is 2.35. The fraction of sp³-hybridized carbons (Fsp3) is 1.00. The first-order valence-electron chi connectivity index (χ1n) is 3.54. The first-order valence-corrected chi connectivity index (χ1v) is 4.66. The van der Waals surface area contributed by atoms with E-state index < -0.39 is 0 Å². The van der Waals surface area contributed by atoms with E-state index in [0.717, 1.165) is 17.3 Å². The van der Waals surface area contributed by atoms with Crippen LogP contribution in [-0.2, 0) is 0 Å². The molecule has 1 saturated heterocycles. The average Bonchev–Trinajstić information content (AvgIpc) is 2.45. The van der Waals surface area contributed by atoms with Crippen molar-refractivity contribution < 1.29 is 0 Å². The van der Waals surface area contributed by atoms with Crippen LogP contribution in [0.1, 0.15) is 13.8 Å². The fourth-order valence-corrected chi connectivity index (χ4v) is 1.68. The Bertz CT molecular complexity index is 92.9. The number of halogens is 1. The van der Waals surface area contributed by atoms with Crippen LogP contribution in [0.4, 0.5) is 0 Å². The lowest BCUT2D eigenvalue weighted by Gasteiger charge is -2.04. The third kappa shape index (κ3) is 2.26. The summed E-state index contributed by atoms with van der Waals surface area (Å²) in [6, 6.07) is 0.854. The van der Waals surface area contributed by atoms with Crippen LogP contribution in [0, 0.1) is 5.92 Å². The molecular weight excluding hydrogens is 178 g/mol. The maximum Gasteiger partial charge on any atom is 0.0320 e. The maximum atomic E-state index is 3.46. The van der Waals surface area contributed by atoms with Gasteiger partial charge in [0.25, 0.3) is 0 Å². The van der Waals surface area contributed by atoms with Crippen molar-refractivity contribution in [3.63, 3.8) is 0 Å². The third-order valence-electron chi connectivity index (χ3n) is 1.61. The van der Waals surface area contributed by atoms with Crippen molar-refractivity contribution in [3.8, 4) is 0 Å². The van der Waals surface area contributed by atoms with E-state index in [2.05, 4.69) is 34.7 Å². The van der Waals surface area contributed by atoms with E-state index in [4.69, 9.17) is 0 Å². The molecule has 1 nitrogen and oxygen atoms in total. The zero-order valence-corrected chi connectivity index (χ0v) is 7.69. The molecule has 0 amide bonds. The summed E-state index contributed by atoms with van der Waals surface area (Å²) in [4.78, 5) is 2.50. The highest BCUT2D eigenvalue weighted by atomic mass is 79.9. The highest BCUT2D eigenvalue weighted by Crippen LogP contribution is 2.20. The summed E-state index contributed by atoms with van der Waals surface area (Å²) in [5, 5.41) is 1.15. The zero-order valence-electron chi connectivity index (χ0n) is 6.10. The minimum atomic E-state index is 0.828. The molecule has 0 bridgehead atoms. The molecule has 1 rings (SSSR count). The Hall–Kier alpha value is 0.440. The van der Waals surface area contributed by atoms with E-state index >= 15 is 0 Å². The second-order valence-electron chi connectivity index (χ2n) is 3.16. The smallest absolute Gasteiger partial charge is 0.0320 e. The number of hydrogen-bond donors (Lipinski definition) is 0. The fourth-order valence-electron chi connectivity index (χ4n) is 1.06. The normalized spacial score (nSPS) is 33.3. The predicted octanol–water partition coefficient (Wildman–Crippen LogP) is 1.72. The Kier molecular flexibility index (Phi) is 2.53. The van der Waals surface area contributed by atoms with Crippen LogP contribution < -0.4 is 0 Å². The van der Waals surface area contributed by atoms with Gasteiger partial charge in [0.15, 0.2) is 0 Å². The van der Waals surface area contributed by atoms with Gasteiger partial charge in [-0.15, -0.1) is 0 Å². The molecule has 1 unspecified atom stereocenters. The number of alkyl halides is 1. The highest BCUT2D eigenvalue weighted by molar-refractivity contribution is 9.09. The maximum absolute atomic E-state index is 3.46. The second kappa shape index (κ2) is 3.02. The summed E-state index contributed by atoms with van der Waals surface area (Å²) >= 11 is 3.46. The van der Waals surface area contributed by atoms with Crippen molar-refractivity contribution >= 4 is 15.9 Å². The quantitative estimate of drug-likeness (QED) is 0.486. The van der Waals surface area contributed by atoms with E-state index in [9.17, 15) is 0 Å². The molecule has 0 N–H and O–H groups in total. The summed E-state index contributed by atoms with van der Waals surface area (Å²) in [5.41, 5.74) is 0. The summed E-state index contributed by atoms with van der Waals surface area (Å²) in [5.74, 6) is 0.828. The van der Waals surface area contributed by atoms with Crippen LogP contribution in [0.3, 0.4) is 0 Å². The Morgan fingerprint density at radius 1 is 1.67 bits per heavy atom. The molecule has 1 aliphatic rings. The molecule has 2 atom stereocenters. The Morgan fingerprint density at radius 3 is 2.67 bits per heavy atom. The monoisotopic (exact) mass is 191 g/mol. The second-order valence-corrected chi connectivity index (χ2v) is 3.80. The van der Waals surface area contributed by atoms with Crippen molar-refractivity contribution in [2.45, 2.75) is 19.9 Å². The van der Waals surface area contributed by atoms with Gasteiger partial charge in [-0.3, -0.25) is 4.90 Å². The standard InChI is InChI=1S/C7H14BrN/c1-6(2)4-9-5-7(9)3-8/h6-7H,3-5H2,1-2H3/t7-,9?/m1/s1. The van der Waals surface area contributed by atoms with Gasteiger partial charge in [0, 0.05) is 24.5 Å². The van der Waals surface area contributed by atoms with Gasteiger partial charge in [0.1, 0.15) is 0 Å². The highest BCUT2D eigenvalue weighted by Gasteiger charge is 2.32. The molecule has 2 heteroatoms. The topological polar surface area (TPSA) is 3.01 Å². The molecule has 0 saturated carbocycles. The van der Waals surface area contributed by atoms with E-state index in [-0.39, 0.29) is 0 Å². The van der Waals surface area contributed by atoms with Gasteiger partial charge in [0.05, 0.1) is 0 Å². The van der Waals surface area contributed by atoms with Gasteiger partial charge in [0.2, 0.25) is 0 Å². The molecule has 0 aliphatic carbocycles. The van der Waals surface area contributed by atoms with Crippen LogP contribution >= 0.6 is 15.9 Å². The summed E-state index contributed by atoms with van der Waals surface area (Å²) in [6.07, 6.45) is 0. The number of nitrogens with zero attached hydrogens (tertiary/aromatic N) is 1. The van der Waals surface area contributed by atoms with Gasteiger partial charge in [-0.05, 0) is 5.92 Å². The van der Waals surface area contributed by atoms with Crippen LogP contribution in [-0.4, -0.2) is 29.4 Å². The molecule has 54 valence electrons. The van der Waals surface area contributed by atoms with Crippen molar-refractivity contribution in [3.05, 3.63) is 0 Å². The Balaban J connectivity index is 2.05. The molecule has 0 aromatic heterocycles. The Morgan fingerprint density at radius 2 is 2.33 bits per heavy atom. The largest absolute Gasteiger partial charge is 0.296 e. The van der Waals surface area contributed by atoms with Crippen molar-refractivity contribution in [1.29, 1.82) is 0 Å². The Labute approximate surface area is 65.6 Å². The minimum absolute atomic E-state index is 0.828. The van der Waals surface area contributed by atoms with E-state index in [1.807, 2.05) is 0 Å². The molecule has 0 radical (unpaired) electrons. The van der Waals surface area contributed by atoms with Crippen molar-refractivity contribution in [2.24, 2.45) is 5.92 Å². The number of rotatable bonds is 3. The van der Waals surface area contributed by atoms with Crippen LogP contribution in [0.5, 0.6) is 0 Å². The summed E-state index contributed by atoms with van der Waals surface area (Å²) in [7, 11) is 0. The zero-order chi connectivity index (χ0) is 6.85. The lowest BCUT2D eigenvalue weighted by molar-refractivity contribution is 0.436. The minimum Gasteiger partial charge on any atom is -0.296 e. The van der Waals surface area contributed by atoms with Crippen molar-refractivity contribution in [1.82, 2.24) is 4.90 Å². The summed E-state index contributed by atoms with van der Waals surface area (Å²) in [6.45, 7) is 7.12. The van der Waals surface area contributed by atoms with Crippen LogP contribution in [0.25, 0.3) is 0 Å². The van der Waals surface area contributed by atoms with Crippen LogP contribution in [0.2, 0.25) is 0 Å². The van der Waals surface area contributed by atoms with Gasteiger partial charge < -0.3 is 0 Å². The van der Waals surface area contributed by atoms with E-state index in [1.165, 1.54) is 13.1 Å². The molecule has 0 aromatic rings. The molecule has 1 heterocycles. The summed E-state index contributed by atoms with van der Waals surface area (Å²) < 4.78 is 0. The molecule has 1 aliphatic heterocycles. The van der Waals surface area contributed by atoms with Gasteiger partial charge >= 0.3 is 0 Å². The molecule has 1 fully saturated rings. The van der Waals surface area contributed by atoms with Gasteiger partial charge in [-0.1, -0.05) is 29.8 Å². The van der Waals surface area contributed by atoms with Crippen LogP contribution in [0.15, 0.2) is 0 Å². The molecule has 0 aromatic carbocycles. The molecular formula is C7H14BrN. The predicted molar refractivity (Wildman–Crippen MR) is 44.0 cm³/mol. The molecule has 9 heavy (non-hydrogen) atoms. The van der Waals surface area contributed by atoms with E-state index in [0.29, 0.717) is 0 Å². The number of hydrogen-bond acceptors (Lipinski definition) is 1. The first kappa shape index (κ1) is 7.55.